The predicted octanol–water partition coefficient (Wildman–Crippen LogP) is 5.86. The van der Waals surface area contributed by atoms with E-state index >= 15 is 0 Å². The molecule has 1 aliphatic heterocycles. The molecule has 0 spiro atoms. The van der Waals surface area contributed by atoms with Gasteiger partial charge in [-0.05, 0) is 34.9 Å². The van der Waals surface area contributed by atoms with E-state index in [9.17, 15) is 14.9 Å². The largest absolute Gasteiger partial charge is 0.479 e. The van der Waals surface area contributed by atoms with Crippen LogP contribution in [0.3, 0.4) is 0 Å². The Labute approximate surface area is 220 Å². The molecule has 0 N–H and O–H groups in total. The summed E-state index contributed by atoms with van der Waals surface area (Å²) in [5.74, 6) is 0.268. The fourth-order valence-electron chi connectivity index (χ4n) is 4.73. The van der Waals surface area contributed by atoms with Crippen LogP contribution < -0.4 is 9.64 Å². The smallest absolute Gasteiger partial charge is 0.270 e. The number of nitriles is 1. The van der Waals surface area contributed by atoms with Crippen LogP contribution in [0.4, 0.5) is 11.4 Å². The highest BCUT2D eigenvalue weighted by molar-refractivity contribution is 6.02. The van der Waals surface area contributed by atoms with Crippen molar-refractivity contribution >= 4 is 17.3 Å². The molecule has 0 unspecified atom stereocenters. The molecule has 1 heterocycles. The number of non-ortho nitro benzene ring substituents is 1. The maximum absolute atomic E-state index is 14.0. The number of carbonyl (C=O) groups is 1. The molecule has 8 heteroatoms. The highest BCUT2D eigenvalue weighted by Gasteiger charge is 2.39. The average Bonchev–Trinajstić information content (AvgIpc) is 2.95. The van der Waals surface area contributed by atoms with Crippen LogP contribution in [-0.4, -0.2) is 22.3 Å². The molecule has 0 saturated carbocycles. The lowest BCUT2D eigenvalue weighted by atomic mass is 9.98. The second kappa shape index (κ2) is 10.8. The Morgan fingerprint density at radius 1 is 0.842 bits per heavy atom. The Morgan fingerprint density at radius 2 is 1.45 bits per heavy atom. The topological polar surface area (TPSA) is 99.7 Å². The second-order valence-corrected chi connectivity index (χ2v) is 8.88. The number of ether oxygens (including phenoxy) is 1. The quantitative estimate of drug-likeness (QED) is 0.220. The van der Waals surface area contributed by atoms with E-state index in [1.807, 2.05) is 78.9 Å². The van der Waals surface area contributed by atoms with E-state index in [0.29, 0.717) is 24.5 Å². The van der Waals surface area contributed by atoms with Crippen molar-refractivity contribution in [1.29, 1.82) is 5.26 Å². The number of amides is 1. The normalized spacial score (nSPS) is 14.5. The fourth-order valence-corrected chi connectivity index (χ4v) is 4.73. The Hall–Kier alpha value is -5.16. The van der Waals surface area contributed by atoms with Crippen molar-refractivity contribution in [3.05, 3.63) is 135 Å². The number of anilines is 1. The van der Waals surface area contributed by atoms with Gasteiger partial charge in [0, 0.05) is 25.2 Å². The van der Waals surface area contributed by atoms with Crippen LogP contribution in [0.2, 0.25) is 0 Å². The Morgan fingerprint density at radius 3 is 2.03 bits per heavy atom. The van der Waals surface area contributed by atoms with E-state index in [0.717, 1.165) is 16.7 Å². The van der Waals surface area contributed by atoms with Gasteiger partial charge in [0.2, 0.25) is 0 Å². The van der Waals surface area contributed by atoms with Gasteiger partial charge in [0.05, 0.1) is 16.2 Å². The van der Waals surface area contributed by atoms with Crippen molar-refractivity contribution in [2.45, 2.75) is 19.3 Å². The average molecular weight is 505 g/mol. The van der Waals surface area contributed by atoms with E-state index in [4.69, 9.17) is 10.00 Å². The molecule has 188 valence electrons. The third kappa shape index (κ3) is 5.04. The minimum Gasteiger partial charge on any atom is -0.479 e. The Balaban J connectivity index is 1.65. The molecule has 38 heavy (non-hydrogen) atoms. The molecule has 1 atom stereocenters. The zero-order chi connectivity index (χ0) is 26.5. The summed E-state index contributed by atoms with van der Waals surface area (Å²) in [5, 5.41) is 20.4. The summed E-state index contributed by atoms with van der Waals surface area (Å²) in [6.45, 7) is 0.722. The lowest BCUT2D eigenvalue weighted by Gasteiger charge is -2.46. The molecule has 0 aromatic heterocycles. The van der Waals surface area contributed by atoms with Crippen LogP contribution in [0, 0.1) is 21.4 Å². The highest BCUT2D eigenvalue weighted by atomic mass is 16.6. The fraction of sp³-hybridized carbons (Fsp3) is 0.133. The van der Waals surface area contributed by atoms with Gasteiger partial charge in [0.15, 0.2) is 6.61 Å². The van der Waals surface area contributed by atoms with Crippen molar-refractivity contribution in [3.8, 4) is 11.8 Å². The van der Waals surface area contributed by atoms with E-state index in [2.05, 4.69) is 4.90 Å². The molecule has 0 radical (unpaired) electrons. The van der Waals surface area contributed by atoms with E-state index in [1.54, 1.807) is 23.1 Å². The first-order valence-corrected chi connectivity index (χ1v) is 12.1. The molecule has 0 fully saturated rings. The van der Waals surface area contributed by atoms with Gasteiger partial charge in [-0.2, -0.15) is 5.26 Å². The molecule has 8 nitrogen and oxygen atoms in total. The minimum absolute atomic E-state index is 0.0618. The zero-order valence-corrected chi connectivity index (χ0v) is 20.4. The molecule has 4 aromatic carbocycles. The van der Waals surface area contributed by atoms with Crippen LogP contribution in [0.1, 0.15) is 33.2 Å². The summed E-state index contributed by atoms with van der Waals surface area (Å²) < 4.78 is 5.44. The molecule has 4 aromatic rings. The Bertz CT molecular complexity index is 1480. The maximum Gasteiger partial charge on any atom is 0.270 e. The summed E-state index contributed by atoms with van der Waals surface area (Å²) in [5.41, 5.74) is 3.60. The summed E-state index contributed by atoms with van der Waals surface area (Å²) in [6.07, 6.45) is -0.498. The van der Waals surface area contributed by atoms with Crippen molar-refractivity contribution < 1.29 is 14.5 Å². The SMILES string of the molecule is N#CCOc1ccc([C@@H]2N(Cc3ccccc3)C(=O)c3cc([N+](=O)[O-])ccc3N2Cc2ccccc2)cc1. The molecular weight excluding hydrogens is 480 g/mol. The number of hydrogen-bond donors (Lipinski definition) is 0. The van der Waals surface area contributed by atoms with E-state index in [-0.39, 0.29) is 23.8 Å². The predicted molar refractivity (Wildman–Crippen MR) is 142 cm³/mol. The van der Waals surface area contributed by atoms with Gasteiger partial charge in [-0.3, -0.25) is 14.9 Å². The number of nitrogens with zero attached hydrogens (tertiary/aromatic N) is 4. The van der Waals surface area contributed by atoms with Crippen molar-refractivity contribution in [1.82, 2.24) is 4.90 Å². The minimum atomic E-state index is -0.498. The zero-order valence-electron chi connectivity index (χ0n) is 20.4. The van der Waals surface area contributed by atoms with Crippen LogP contribution in [0.15, 0.2) is 103 Å². The summed E-state index contributed by atoms with van der Waals surface area (Å²) in [6, 6.07) is 33.3. The molecule has 1 amide bonds. The van der Waals surface area contributed by atoms with Gasteiger partial charge in [0.1, 0.15) is 18.0 Å². The van der Waals surface area contributed by atoms with E-state index in [1.165, 1.54) is 12.1 Å². The van der Waals surface area contributed by atoms with E-state index < -0.39 is 11.1 Å². The number of nitro benzene ring substituents is 1. The Kier molecular flexibility index (Phi) is 7.00. The summed E-state index contributed by atoms with van der Waals surface area (Å²) in [7, 11) is 0. The highest BCUT2D eigenvalue weighted by Crippen LogP contribution is 2.42. The van der Waals surface area contributed by atoms with Crippen LogP contribution in [-0.2, 0) is 13.1 Å². The third-order valence-corrected chi connectivity index (χ3v) is 6.46. The number of hydrogen-bond acceptors (Lipinski definition) is 6. The molecule has 1 aliphatic rings. The second-order valence-electron chi connectivity index (χ2n) is 8.88. The molecule has 0 saturated heterocycles. The van der Waals surface area contributed by atoms with Gasteiger partial charge in [-0.1, -0.05) is 72.8 Å². The first-order chi connectivity index (χ1) is 18.5. The number of fused-ring (bicyclic) bond motifs is 1. The molecule has 0 aliphatic carbocycles. The maximum atomic E-state index is 14.0. The van der Waals surface area contributed by atoms with Crippen molar-refractivity contribution in [2.24, 2.45) is 0 Å². The van der Waals surface area contributed by atoms with Gasteiger partial charge >= 0.3 is 0 Å². The summed E-state index contributed by atoms with van der Waals surface area (Å²) >= 11 is 0. The van der Waals surface area contributed by atoms with Gasteiger partial charge in [-0.25, -0.2) is 0 Å². The van der Waals surface area contributed by atoms with Crippen LogP contribution in [0.25, 0.3) is 0 Å². The standard InChI is InChI=1S/C30H24N4O4/c31-17-18-38-26-14-11-24(12-15-26)29-32(20-22-7-3-1-4-8-22)28-16-13-25(34(36)37)19-27(28)30(35)33(29)21-23-9-5-2-6-10-23/h1-16,19,29H,18,20-21H2/t29-/m0/s1. The van der Waals surface area contributed by atoms with Crippen LogP contribution >= 0.6 is 0 Å². The number of benzene rings is 4. The first-order valence-electron chi connectivity index (χ1n) is 12.1. The van der Waals surface area contributed by atoms with Gasteiger partial charge in [-0.15, -0.1) is 0 Å². The molecule has 5 rings (SSSR count). The van der Waals surface area contributed by atoms with Crippen molar-refractivity contribution in [3.63, 3.8) is 0 Å². The number of rotatable bonds is 8. The lowest BCUT2D eigenvalue weighted by molar-refractivity contribution is -0.384. The van der Waals surface area contributed by atoms with Crippen molar-refractivity contribution in [2.75, 3.05) is 11.5 Å². The van der Waals surface area contributed by atoms with Crippen LogP contribution in [0.5, 0.6) is 5.75 Å². The summed E-state index contributed by atoms with van der Waals surface area (Å²) in [4.78, 5) is 28.9. The molecule has 0 bridgehead atoms. The first kappa shape index (κ1) is 24.5. The third-order valence-electron chi connectivity index (χ3n) is 6.46. The molecular formula is C30H24N4O4. The number of nitro groups is 1. The van der Waals surface area contributed by atoms with Gasteiger partial charge < -0.3 is 14.5 Å². The van der Waals surface area contributed by atoms with Gasteiger partial charge in [0.25, 0.3) is 11.6 Å². The lowest BCUT2D eigenvalue weighted by Crippen LogP contribution is -2.48. The monoisotopic (exact) mass is 504 g/mol. The number of carbonyl (C=O) groups excluding carboxylic acids is 1.